The van der Waals surface area contributed by atoms with Crippen LogP contribution in [0.25, 0.3) is 0 Å². The smallest absolute Gasteiger partial charge is 0.0507 e. The highest BCUT2D eigenvalue weighted by Gasteiger charge is 2.08. The van der Waals surface area contributed by atoms with Crippen LogP contribution in [0.1, 0.15) is 26.7 Å². The van der Waals surface area contributed by atoms with Crippen molar-refractivity contribution >= 4 is 58.8 Å². The van der Waals surface area contributed by atoms with E-state index in [9.17, 15) is 0 Å². The zero-order valence-electron chi connectivity index (χ0n) is 11.4. The van der Waals surface area contributed by atoms with Gasteiger partial charge in [-0.1, -0.05) is 13.8 Å². The largest absolute Gasteiger partial charge is 0.162 e. The van der Waals surface area contributed by atoms with Gasteiger partial charge < -0.3 is 0 Å². The summed E-state index contributed by atoms with van der Waals surface area (Å²) in [6, 6.07) is 0. The predicted molar refractivity (Wildman–Crippen MR) is 97.4 cm³/mol. The second-order valence-corrected chi connectivity index (χ2v) is 10.3. The normalized spacial score (nSPS) is 14.8. The molecule has 0 aromatic carbocycles. The van der Waals surface area contributed by atoms with Crippen LogP contribution in [0.5, 0.6) is 0 Å². The van der Waals surface area contributed by atoms with Gasteiger partial charge in [0.1, 0.15) is 0 Å². The fourth-order valence-corrected chi connectivity index (χ4v) is 6.90. The Bertz CT molecular complexity index is 138. The van der Waals surface area contributed by atoms with Crippen LogP contribution in [0, 0.1) is 0 Å². The van der Waals surface area contributed by atoms with Gasteiger partial charge in [0.25, 0.3) is 0 Å². The van der Waals surface area contributed by atoms with E-state index in [0.717, 1.165) is 9.16 Å². The van der Waals surface area contributed by atoms with Gasteiger partial charge in [-0.05, 0) is 48.4 Å². The van der Waals surface area contributed by atoms with E-state index in [1.54, 1.807) is 0 Å². The lowest BCUT2D eigenvalue weighted by molar-refractivity contribution is 1.04. The molecular weight excluding hydrogens is 304 g/mol. The molecule has 0 aromatic heterocycles. The summed E-state index contributed by atoms with van der Waals surface area (Å²) in [5.74, 6) is 5.16. The SMILES string of the molecule is CCSC(CCSCCC(SC)SCC)SC. The topological polar surface area (TPSA) is 0 Å². The van der Waals surface area contributed by atoms with Gasteiger partial charge in [-0.2, -0.15) is 35.3 Å². The number of hydrogen-bond donors (Lipinski definition) is 0. The summed E-state index contributed by atoms with van der Waals surface area (Å²) in [6.45, 7) is 4.51. The molecule has 0 saturated heterocycles. The average Bonchev–Trinajstić information content (AvgIpc) is 2.35. The number of thioether (sulfide) groups is 5. The highest BCUT2D eigenvalue weighted by molar-refractivity contribution is 8.17. The van der Waals surface area contributed by atoms with Gasteiger partial charge in [-0.3, -0.25) is 0 Å². The van der Waals surface area contributed by atoms with Crippen molar-refractivity contribution in [2.45, 2.75) is 35.9 Å². The summed E-state index contributed by atoms with van der Waals surface area (Å²) in [5.41, 5.74) is 0. The standard InChI is InChI=1S/C12H26S5/c1-5-16-11(13-3)7-9-15-10-8-12(14-4)17-6-2/h11-12H,5-10H2,1-4H3. The van der Waals surface area contributed by atoms with E-state index in [1.165, 1.54) is 35.9 Å². The van der Waals surface area contributed by atoms with Crippen LogP contribution in [0.4, 0.5) is 0 Å². The van der Waals surface area contributed by atoms with Gasteiger partial charge >= 0.3 is 0 Å². The van der Waals surface area contributed by atoms with Crippen LogP contribution in [0.3, 0.4) is 0 Å². The van der Waals surface area contributed by atoms with E-state index in [4.69, 9.17) is 0 Å². The average molecular weight is 331 g/mol. The third kappa shape index (κ3) is 11.3. The van der Waals surface area contributed by atoms with Gasteiger partial charge in [0.05, 0.1) is 9.16 Å². The fraction of sp³-hybridized carbons (Fsp3) is 1.00. The van der Waals surface area contributed by atoms with Crippen LogP contribution in [0.15, 0.2) is 0 Å². The monoisotopic (exact) mass is 330 g/mol. The zero-order chi connectivity index (χ0) is 12.9. The zero-order valence-corrected chi connectivity index (χ0v) is 15.5. The molecule has 0 nitrogen and oxygen atoms in total. The third-order valence-electron chi connectivity index (χ3n) is 2.23. The Kier molecular flexibility index (Phi) is 15.6. The van der Waals surface area contributed by atoms with Gasteiger partial charge in [-0.15, -0.1) is 23.5 Å². The molecule has 0 aliphatic rings. The molecule has 0 bridgehead atoms. The lowest BCUT2D eigenvalue weighted by Gasteiger charge is -2.14. The molecular formula is C12H26S5. The van der Waals surface area contributed by atoms with Crippen LogP contribution in [-0.2, 0) is 0 Å². The third-order valence-corrected chi connectivity index (χ3v) is 8.65. The molecule has 0 aliphatic carbocycles. The van der Waals surface area contributed by atoms with Crippen LogP contribution >= 0.6 is 58.8 Å². The molecule has 0 rings (SSSR count). The van der Waals surface area contributed by atoms with Crippen molar-refractivity contribution in [1.29, 1.82) is 0 Å². The maximum atomic E-state index is 2.26. The Morgan fingerprint density at radius 2 is 1.18 bits per heavy atom. The highest BCUT2D eigenvalue weighted by atomic mass is 32.2. The van der Waals surface area contributed by atoms with E-state index >= 15 is 0 Å². The summed E-state index contributed by atoms with van der Waals surface area (Å²) < 4.78 is 1.63. The maximum Gasteiger partial charge on any atom is 0.0507 e. The van der Waals surface area contributed by atoms with Gasteiger partial charge in [0, 0.05) is 0 Å². The number of hydrogen-bond acceptors (Lipinski definition) is 5. The Balaban J connectivity index is 3.43. The Morgan fingerprint density at radius 1 is 0.765 bits per heavy atom. The molecule has 17 heavy (non-hydrogen) atoms. The minimum atomic E-state index is 0.814. The molecule has 0 aromatic rings. The summed E-state index contributed by atoms with van der Waals surface area (Å²) in [4.78, 5) is 0. The van der Waals surface area contributed by atoms with Crippen LogP contribution in [0.2, 0.25) is 0 Å². The van der Waals surface area contributed by atoms with Crippen molar-refractivity contribution in [3.63, 3.8) is 0 Å². The first-order valence-corrected chi connectivity index (χ1v) is 12.0. The number of rotatable bonds is 12. The second-order valence-electron chi connectivity index (χ2n) is 3.43. The maximum absolute atomic E-state index is 2.26. The first kappa shape index (κ1) is 18.8. The van der Waals surface area contributed by atoms with Crippen molar-refractivity contribution in [1.82, 2.24) is 0 Å². The lowest BCUT2D eigenvalue weighted by Crippen LogP contribution is -2.02. The van der Waals surface area contributed by atoms with Gasteiger partial charge in [0.15, 0.2) is 0 Å². The lowest BCUT2D eigenvalue weighted by atomic mass is 10.5. The van der Waals surface area contributed by atoms with E-state index in [2.05, 4.69) is 61.6 Å². The molecule has 0 spiro atoms. The molecule has 104 valence electrons. The minimum Gasteiger partial charge on any atom is -0.162 e. The molecule has 0 fully saturated rings. The predicted octanol–water partition coefficient (Wildman–Crippen LogP) is 5.38. The molecule has 5 heteroatoms. The van der Waals surface area contributed by atoms with Crippen molar-refractivity contribution in [2.75, 3.05) is 35.5 Å². The molecule has 2 atom stereocenters. The van der Waals surface area contributed by atoms with E-state index in [0.29, 0.717) is 0 Å². The van der Waals surface area contributed by atoms with E-state index in [1.807, 2.05) is 23.5 Å². The molecule has 0 N–H and O–H groups in total. The minimum absolute atomic E-state index is 0.814. The quantitative estimate of drug-likeness (QED) is 0.347. The molecule has 0 heterocycles. The Hall–Kier alpha value is 1.75. The van der Waals surface area contributed by atoms with Crippen molar-refractivity contribution in [3.8, 4) is 0 Å². The van der Waals surface area contributed by atoms with Gasteiger partial charge in [-0.25, -0.2) is 0 Å². The van der Waals surface area contributed by atoms with Crippen molar-refractivity contribution in [2.24, 2.45) is 0 Å². The van der Waals surface area contributed by atoms with Gasteiger partial charge in [0.2, 0.25) is 0 Å². The molecule has 0 amide bonds. The first-order chi connectivity index (χ1) is 8.28. The van der Waals surface area contributed by atoms with Crippen LogP contribution < -0.4 is 0 Å². The molecule has 0 radical (unpaired) electrons. The van der Waals surface area contributed by atoms with Crippen LogP contribution in [-0.4, -0.2) is 44.7 Å². The van der Waals surface area contributed by atoms with E-state index < -0.39 is 0 Å². The molecule has 0 saturated carbocycles. The molecule has 2 unspecified atom stereocenters. The fourth-order valence-electron chi connectivity index (χ4n) is 1.37. The Labute approximate surface area is 129 Å². The Morgan fingerprint density at radius 3 is 1.47 bits per heavy atom. The second kappa shape index (κ2) is 14.2. The summed E-state index contributed by atoms with van der Waals surface area (Å²) in [5, 5.41) is 0. The molecule has 0 aliphatic heterocycles. The van der Waals surface area contributed by atoms with Crippen molar-refractivity contribution < 1.29 is 0 Å². The summed E-state index contributed by atoms with van der Waals surface area (Å²) >= 11 is 10.4. The van der Waals surface area contributed by atoms with E-state index in [-0.39, 0.29) is 0 Å². The first-order valence-electron chi connectivity index (χ1n) is 6.14. The van der Waals surface area contributed by atoms with Crippen molar-refractivity contribution in [3.05, 3.63) is 0 Å². The summed E-state index contributed by atoms with van der Waals surface area (Å²) in [6.07, 6.45) is 7.18. The summed E-state index contributed by atoms with van der Waals surface area (Å²) in [7, 11) is 0. The highest BCUT2D eigenvalue weighted by Crippen LogP contribution is 2.28.